The number of likely N-dealkylation sites (tertiary alicyclic amines) is 1. The largest absolute Gasteiger partial charge is 0.378 e. The third-order valence-electron chi connectivity index (χ3n) is 4.90. The van der Waals surface area contributed by atoms with E-state index in [4.69, 9.17) is 14.0 Å². The van der Waals surface area contributed by atoms with Gasteiger partial charge in [-0.25, -0.2) is 0 Å². The lowest BCUT2D eigenvalue weighted by Gasteiger charge is -2.32. The van der Waals surface area contributed by atoms with E-state index >= 15 is 0 Å². The van der Waals surface area contributed by atoms with Crippen LogP contribution in [-0.4, -0.2) is 66.4 Å². The van der Waals surface area contributed by atoms with E-state index in [1.165, 1.54) is 0 Å². The summed E-state index contributed by atoms with van der Waals surface area (Å²) < 4.78 is 16.6. The monoisotopic (exact) mass is 372 g/mol. The molecule has 2 aliphatic rings. The van der Waals surface area contributed by atoms with Gasteiger partial charge in [0, 0.05) is 38.4 Å². The molecule has 144 valence electrons. The minimum absolute atomic E-state index is 0.00587. The highest BCUT2D eigenvalue weighted by Gasteiger charge is 2.28. The molecule has 0 N–H and O–H groups in total. The number of carbonyl (C=O) groups excluding carboxylic acids is 1. The molecule has 2 aliphatic heterocycles. The Kier molecular flexibility index (Phi) is 5.64. The molecule has 8 heteroatoms. The molecule has 0 aromatic carbocycles. The van der Waals surface area contributed by atoms with E-state index in [9.17, 15) is 4.79 Å². The number of rotatable bonds is 5. The number of carbonyl (C=O) groups is 1. The summed E-state index contributed by atoms with van der Waals surface area (Å²) >= 11 is 0. The highest BCUT2D eigenvalue weighted by atomic mass is 16.5. The molecule has 0 saturated carbocycles. The van der Waals surface area contributed by atoms with Crippen LogP contribution in [0.4, 0.5) is 5.82 Å². The standard InChI is InChI=1S/C19H24N4O4/c24-19(17-12-18(21-27-17)22-8-10-25-11-9-22)23-7-3-5-16(13-23)26-14-15-4-1-2-6-20-15/h1-2,4,6,12,16H,3,5,7-11,13-14H2. The lowest BCUT2D eigenvalue weighted by Crippen LogP contribution is -2.43. The fourth-order valence-corrected chi connectivity index (χ4v) is 3.41. The van der Waals surface area contributed by atoms with Crippen molar-refractivity contribution in [2.45, 2.75) is 25.6 Å². The highest BCUT2D eigenvalue weighted by Crippen LogP contribution is 2.20. The van der Waals surface area contributed by atoms with Crippen LogP contribution in [0.1, 0.15) is 29.1 Å². The third kappa shape index (κ3) is 4.45. The summed E-state index contributed by atoms with van der Waals surface area (Å²) in [5.41, 5.74) is 0.895. The lowest BCUT2D eigenvalue weighted by atomic mass is 10.1. The maximum atomic E-state index is 12.8. The molecule has 27 heavy (non-hydrogen) atoms. The molecule has 1 unspecified atom stereocenters. The van der Waals surface area contributed by atoms with E-state index in [2.05, 4.69) is 15.0 Å². The molecule has 0 bridgehead atoms. The van der Waals surface area contributed by atoms with Crippen LogP contribution in [0.15, 0.2) is 35.0 Å². The minimum Gasteiger partial charge on any atom is -0.378 e. The summed E-state index contributed by atoms with van der Waals surface area (Å²) in [6.45, 7) is 4.56. The van der Waals surface area contributed by atoms with Gasteiger partial charge in [0.1, 0.15) is 0 Å². The van der Waals surface area contributed by atoms with Gasteiger partial charge in [-0.3, -0.25) is 9.78 Å². The minimum atomic E-state index is -0.131. The van der Waals surface area contributed by atoms with Crippen molar-refractivity contribution in [3.8, 4) is 0 Å². The summed E-state index contributed by atoms with van der Waals surface area (Å²) in [7, 11) is 0. The van der Waals surface area contributed by atoms with Crippen LogP contribution in [0.3, 0.4) is 0 Å². The van der Waals surface area contributed by atoms with Crippen molar-refractivity contribution in [3.05, 3.63) is 41.9 Å². The molecule has 1 amide bonds. The number of piperidine rings is 1. The topological polar surface area (TPSA) is 80.9 Å². The van der Waals surface area contributed by atoms with Gasteiger partial charge in [0.25, 0.3) is 5.91 Å². The molecule has 2 aromatic heterocycles. The molecule has 2 saturated heterocycles. The predicted octanol–water partition coefficient (Wildman–Crippen LogP) is 1.73. The Morgan fingerprint density at radius 1 is 1.26 bits per heavy atom. The number of hydrogen-bond donors (Lipinski definition) is 0. The van der Waals surface area contributed by atoms with Crippen molar-refractivity contribution in [1.29, 1.82) is 0 Å². The summed E-state index contributed by atoms with van der Waals surface area (Å²) in [6.07, 6.45) is 3.60. The second-order valence-electron chi connectivity index (χ2n) is 6.80. The van der Waals surface area contributed by atoms with Crippen molar-refractivity contribution >= 4 is 11.7 Å². The van der Waals surface area contributed by atoms with Crippen molar-refractivity contribution < 1.29 is 18.8 Å². The molecule has 4 rings (SSSR count). The number of aromatic nitrogens is 2. The van der Waals surface area contributed by atoms with E-state index in [1.54, 1.807) is 17.2 Å². The van der Waals surface area contributed by atoms with Gasteiger partial charge in [-0.1, -0.05) is 11.2 Å². The average molecular weight is 372 g/mol. The average Bonchev–Trinajstić information content (AvgIpc) is 3.24. The van der Waals surface area contributed by atoms with Gasteiger partial charge in [0.05, 0.1) is 31.6 Å². The zero-order valence-corrected chi connectivity index (χ0v) is 15.2. The van der Waals surface area contributed by atoms with Crippen LogP contribution in [0.25, 0.3) is 0 Å². The van der Waals surface area contributed by atoms with Gasteiger partial charge >= 0.3 is 0 Å². The first-order valence-electron chi connectivity index (χ1n) is 9.40. The van der Waals surface area contributed by atoms with Gasteiger partial charge < -0.3 is 23.8 Å². The van der Waals surface area contributed by atoms with Gasteiger partial charge in [-0.15, -0.1) is 0 Å². The van der Waals surface area contributed by atoms with E-state index in [1.807, 2.05) is 18.2 Å². The van der Waals surface area contributed by atoms with Gasteiger partial charge in [-0.2, -0.15) is 0 Å². The number of ether oxygens (including phenoxy) is 2. The van der Waals surface area contributed by atoms with Crippen LogP contribution in [0.5, 0.6) is 0 Å². The van der Waals surface area contributed by atoms with Crippen LogP contribution < -0.4 is 4.90 Å². The molecule has 1 atom stereocenters. The van der Waals surface area contributed by atoms with E-state index < -0.39 is 0 Å². The van der Waals surface area contributed by atoms with E-state index in [0.29, 0.717) is 38.7 Å². The third-order valence-corrected chi connectivity index (χ3v) is 4.90. The van der Waals surface area contributed by atoms with E-state index in [-0.39, 0.29) is 17.8 Å². The van der Waals surface area contributed by atoms with Crippen molar-refractivity contribution in [2.75, 3.05) is 44.3 Å². The normalized spacial score (nSPS) is 20.7. The summed E-state index contributed by atoms with van der Waals surface area (Å²) in [4.78, 5) is 20.9. The molecule has 0 aliphatic carbocycles. The maximum absolute atomic E-state index is 12.8. The summed E-state index contributed by atoms with van der Waals surface area (Å²) in [6, 6.07) is 7.49. The number of pyridine rings is 1. The highest BCUT2D eigenvalue weighted by molar-refractivity contribution is 5.92. The molecule has 2 fully saturated rings. The Morgan fingerprint density at radius 3 is 2.96 bits per heavy atom. The number of morpholine rings is 1. The van der Waals surface area contributed by atoms with Crippen molar-refractivity contribution in [3.63, 3.8) is 0 Å². The zero-order valence-electron chi connectivity index (χ0n) is 15.2. The van der Waals surface area contributed by atoms with Crippen molar-refractivity contribution in [2.24, 2.45) is 0 Å². The molecular formula is C19H24N4O4. The number of nitrogens with zero attached hydrogens (tertiary/aromatic N) is 4. The Bertz CT molecular complexity index is 745. The van der Waals surface area contributed by atoms with Crippen LogP contribution in [-0.2, 0) is 16.1 Å². The van der Waals surface area contributed by atoms with Crippen LogP contribution >= 0.6 is 0 Å². The van der Waals surface area contributed by atoms with E-state index in [0.717, 1.165) is 31.6 Å². The fourth-order valence-electron chi connectivity index (χ4n) is 3.41. The smallest absolute Gasteiger partial charge is 0.292 e. The second-order valence-corrected chi connectivity index (χ2v) is 6.80. The van der Waals surface area contributed by atoms with Gasteiger partial charge in [-0.05, 0) is 25.0 Å². The first-order chi connectivity index (χ1) is 13.3. The molecule has 4 heterocycles. The Balaban J connectivity index is 1.33. The molecular weight excluding hydrogens is 348 g/mol. The molecule has 2 aromatic rings. The first kappa shape index (κ1) is 17.9. The lowest BCUT2D eigenvalue weighted by molar-refractivity contribution is -0.00884. The van der Waals surface area contributed by atoms with Crippen molar-refractivity contribution in [1.82, 2.24) is 15.0 Å². The zero-order chi connectivity index (χ0) is 18.5. The SMILES string of the molecule is O=C(c1cc(N2CCOCC2)no1)N1CCCC(OCc2ccccn2)C1. The quantitative estimate of drug-likeness (QED) is 0.790. The Labute approximate surface area is 158 Å². The number of amides is 1. The number of anilines is 1. The Hall–Kier alpha value is -2.45. The van der Waals surface area contributed by atoms with Crippen LogP contribution in [0, 0.1) is 0 Å². The first-order valence-corrected chi connectivity index (χ1v) is 9.40. The number of hydrogen-bond acceptors (Lipinski definition) is 7. The van der Waals surface area contributed by atoms with Gasteiger partial charge in [0.15, 0.2) is 5.82 Å². The Morgan fingerprint density at radius 2 is 2.15 bits per heavy atom. The van der Waals surface area contributed by atoms with Crippen LogP contribution in [0.2, 0.25) is 0 Å². The predicted molar refractivity (Wildman–Crippen MR) is 97.5 cm³/mol. The van der Waals surface area contributed by atoms with Gasteiger partial charge in [0.2, 0.25) is 5.76 Å². The molecule has 0 radical (unpaired) electrons. The molecule has 0 spiro atoms. The summed E-state index contributed by atoms with van der Waals surface area (Å²) in [5, 5.41) is 4.06. The second kappa shape index (κ2) is 8.49. The summed E-state index contributed by atoms with van der Waals surface area (Å²) in [5.74, 6) is 0.844. The molecule has 8 nitrogen and oxygen atoms in total. The fraction of sp³-hybridized carbons (Fsp3) is 0.526. The maximum Gasteiger partial charge on any atom is 0.292 e.